The molecule has 1 saturated carbocycles. The zero-order chi connectivity index (χ0) is 14.2. The molecule has 21 heavy (non-hydrogen) atoms. The molecule has 4 heteroatoms. The topological polar surface area (TPSA) is 32.3 Å². The number of aromatic nitrogens is 2. The lowest BCUT2D eigenvalue weighted by Crippen LogP contribution is -2.47. The summed E-state index contributed by atoms with van der Waals surface area (Å²) >= 11 is 0. The fraction of sp³-hybridized carbons (Fsp3) is 0.765. The van der Waals surface area contributed by atoms with Gasteiger partial charge in [-0.15, -0.1) is 0 Å². The second-order valence-corrected chi connectivity index (χ2v) is 7.22. The Hall–Kier alpha value is -1.16. The fourth-order valence-corrected chi connectivity index (χ4v) is 4.22. The first-order valence-electron chi connectivity index (χ1n) is 8.56. The molecule has 4 nitrogen and oxygen atoms in total. The zero-order valence-electron chi connectivity index (χ0n) is 13.0. The Balaban J connectivity index is 1.49. The number of anilines is 1. The van der Waals surface area contributed by atoms with Crippen LogP contribution in [0.2, 0.25) is 0 Å². The van der Waals surface area contributed by atoms with E-state index in [1.807, 2.05) is 13.1 Å². The van der Waals surface area contributed by atoms with Gasteiger partial charge < -0.3 is 4.90 Å². The van der Waals surface area contributed by atoms with E-state index in [0.29, 0.717) is 0 Å². The number of aryl methyl sites for hydroxylation is 1. The molecule has 3 saturated heterocycles. The van der Waals surface area contributed by atoms with Crippen LogP contribution in [-0.4, -0.2) is 47.1 Å². The maximum absolute atomic E-state index is 4.64. The lowest BCUT2D eigenvalue weighted by molar-refractivity contribution is 0.0917. The average Bonchev–Trinajstić information content (AvgIpc) is 2.74. The van der Waals surface area contributed by atoms with Gasteiger partial charge in [0.15, 0.2) is 0 Å². The van der Waals surface area contributed by atoms with E-state index in [2.05, 4.69) is 25.8 Å². The Labute approximate surface area is 127 Å². The molecule has 1 aromatic rings. The van der Waals surface area contributed by atoms with Crippen molar-refractivity contribution in [1.29, 1.82) is 0 Å². The highest BCUT2D eigenvalue weighted by Crippen LogP contribution is 2.34. The molecule has 0 N–H and O–H groups in total. The van der Waals surface area contributed by atoms with Gasteiger partial charge in [-0.1, -0.05) is 6.42 Å². The van der Waals surface area contributed by atoms with Crippen LogP contribution in [0.1, 0.15) is 37.9 Å². The molecule has 0 amide bonds. The van der Waals surface area contributed by atoms with Crippen molar-refractivity contribution in [2.24, 2.45) is 11.8 Å². The van der Waals surface area contributed by atoms with Crippen molar-refractivity contribution in [3.63, 3.8) is 0 Å². The Kier molecular flexibility index (Phi) is 3.57. The first kappa shape index (κ1) is 13.5. The predicted octanol–water partition coefficient (Wildman–Crippen LogP) is 2.49. The quantitative estimate of drug-likeness (QED) is 0.854. The van der Waals surface area contributed by atoms with Crippen molar-refractivity contribution >= 4 is 5.82 Å². The molecule has 4 aliphatic rings. The minimum atomic E-state index is 0.736. The third kappa shape index (κ3) is 2.78. The van der Waals surface area contributed by atoms with E-state index < -0.39 is 0 Å². The van der Waals surface area contributed by atoms with E-state index >= 15 is 0 Å². The maximum atomic E-state index is 4.64. The van der Waals surface area contributed by atoms with Gasteiger partial charge in [-0.05, 0) is 50.5 Å². The Bertz CT molecular complexity index is 499. The highest BCUT2D eigenvalue weighted by Gasteiger charge is 2.36. The summed E-state index contributed by atoms with van der Waals surface area (Å²) in [4.78, 5) is 14.2. The molecule has 0 spiro atoms. The van der Waals surface area contributed by atoms with Gasteiger partial charge in [0.05, 0.1) is 0 Å². The van der Waals surface area contributed by atoms with E-state index in [0.717, 1.165) is 36.1 Å². The van der Waals surface area contributed by atoms with Gasteiger partial charge in [-0.3, -0.25) is 4.90 Å². The van der Waals surface area contributed by atoms with Crippen molar-refractivity contribution in [2.75, 3.05) is 31.1 Å². The normalized spacial score (nSPS) is 30.2. The number of fused-ring (bicyclic) bond motifs is 4. The van der Waals surface area contributed by atoms with Crippen LogP contribution < -0.4 is 4.90 Å². The van der Waals surface area contributed by atoms with Crippen molar-refractivity contribution in [1.82, 2.24) is 14.9 Å². The molecule has 3 aliphatic heterocycles. The van der Waals surface area contributed by atoms with Crippen molar-refractivity contribution in [3.8, 4) is 0 Å². The standard InChI is InChI=1S/C17H26N4/c1-13-18-8-7-17(19-13)21-11-15-5-6-16(12-21)20(10-15)9-14-3-2-4-14/h7-8,14-16H,2-6,9-12H2,1H3/t15-,16-/m1/s1. The average molecular weight is 286 g/mol. The highest BCUT2D eigenvalue weighted by molar-refractivity contribution is 5.38. The van der Waals surface area contributed by atoms with Crippen LogP contribution in [0, 0.1) is 18.8 Å². The molecule has 0 radical (unpaired) electrons. The van der Waals surface area contributed by atoms with Gasteiger partial charge in [0.2, 0.25) is 0 Å². The largest absolute Gasteiger partial charge is 0.355 e. The van der Waals surface area contributed by atoms with E-state index in [4.69, 9.17) is 0 Å². The lowest BCUT2D eigenvalue weighted by atomic mass is 9.83. The summed E-state index contributed by atoms with van der Waals surface area (Å²) in [6.45, 7) is 6.96. The van der Waals surface area contributed by atoms with Gasteiger partial charge in [-0.2, -0.15) is 0 Å². The van der Waals surface area contributed by atoms with Crippen molar-refractivity contribution < 1.29 is 0 Å². The van der Waals surface area contributed by atoms with Crippen LogP contribution in [0.15, 0.2) is 12.3 Å². The third-order valence-corrected chi connectivity index (χ3v) is 5.63. The maximum Gasteiger partial charge on any atom is 0.132 e. The van der Waals surface area contributed by atoms with Crippen molar-refractivity contribution in [2.45, 2.75) is 45.1 Å². The monoisotopic (exact) mass is 286 g/mol. The van der Waals surface area contributed by atoms with Gasteiger partial charge in [0, 0.05) is 38.4 Å². The second kappa shape index (κ2) is 5.56. The molecule has 0 aromatic carbocycles. The summed E-state index contributed by atoms with van der Waals surface area (Å²) in [5, 5.41) is 0. The number of rotatable bonds is 3. The third-order valence-electron chi connectivity index (χ3n) is 5.63. The van der Waals surface area contributed by atoms with Gasteiger partial charge >= 0.3 is 0 Å². The second-order valence-electron chi connectivity index (χ2n) is 7.22. The molecule has 4 fully saturated rings. The number of nitrogens with zero attached hydrogens (tertiary/aromatic N) is 4. The molecule has 5 rings (SSSR count). The van der Waals surface area contributed by atoms with Crippen LogP contribution in [-0.2, 0) is 0 Å². The molecule has 2 atom stereocenters. The highest BCUT2D eigenvalue weighted by atomic mass is 15.3. The lowest BCUT2D eigenvalue weighted by Gasteiger charge is -2.40. The summed E-state index contributed by atoms with van der Waals surface area (Å²) in [6, 6.07) is 2.81. The number of piperidine rings is 1. The predicted molar refractivity (Wildman–Crippen MR) is 84.4 cm³/mol. The summed E-state index contributed by atoms with van der Waals surface area (Å²) in [7, 11) is 0. The minimum absolute atomic E-state index is 0.736. The molecular formula is C17H26N4. The van der Waals surface area contributed by atoms with E-state index in [1.54, 1.807) is 0 Å². The van der Waals surface area contributed by atoms with Gasteiger partial charge in [0.1, 0.15) is 11.6 Å². The van der Waals surface area contributed by atoms with Crippen LogP contribution in [0.25, 0.3) is 0 Å². The van der Waals surface area contributed by atoms with Gasteiger partial charge in [0.25, 0.3) is 0 Å². The van der Waals surface area contributed by atoms with Crippen LogP contribution in [0.5, 0.6) is 0 Å². The van der Waals surface area contributed by atoms with E-state index in [-0.39, 0.29) is 0 Å². The summed E-state index contributed by atoms with van der Waals surface area (Å²) in [6.07, 6.45) is 9.05. The first-order valence-corrected chi connectivity index (χ1v) is 8.56. The smallest absolute Gasteiger partial charge is 0.132 e. The van der Waals surface area contributed by atoms with Crippen LogP contribution in [0.4, 0.5) is 5.82 Å². The van der Waals surface area contributed by atoms with Crippen LogP contribution in [0.3, 0.4) is 0 Å². The van der Waals surface area contributed by atoms with E-state index in [9.17, 15) is 0 Å². The van der Waals surface area contributed by atoms with Crippen LogP contribution >= 0.6 is 0 Å². The summed E-state index contributed by atoms with van der Waals surface area (Å²) in [5.41, 5.74) is 0. The Morgan fingerprint density at radius 2 is 2.05 bits per heavy atom. The number of hydrogen-bond donors (Lipinski definition) is 0. The van der Waals surface area contributed by atoms with E-state index in [1.165, 1.54) is 51.7 Å². The van der Waals surface area contributed by atoms with Gasteiger partial charge in [-0.25, -0.2) is 9.97 Å². The molecule has 4 heterocycles. The van der Waals surface area contributed by atoms with Crippen molar-refractivity contribution in [3.05, 3.63) is 18.1 Å². The molecule has 2 bridgehead atoms. The summed E-state index contributed by atoms with van der Waals surface area (Å²) < 4.78 is 0. The first-order chi connectivity index (χ1) is 10.3. The molecule has 1 aromatic heterocycles. The fourth-order valence-electron chi connectivity index (χ4n) is 4.22. The SMILES string of the molecule is Cc1nccc(N2C[C@@H]3CC[C@H](C2)N(CC2CCC2)C3)n1. The molecule has 1 aliphatic carbocycles. The molecule has 0 unspecified atom stereocenters. The Morgan fingerprint density at radius 3 is 2.81 bits per heavy atom. The Morgan fingerprint density at radius 1 is 1.14 bits per heavy atom. The zero-order valence-corrected chi connectivity index (χ0v) is 13.0. The molecule has 114 valence electrons. The minimum Gasteiger partial charge on any atom is -0.355 e. The number of hydrogen-bond acceptors (Lipinski definition) is 4. The summed E-state index contributed by atoms with van der Waals surface area (Å²) in [5.74, 6) is 3.82. The molecular weight excluding hydrogens is 260 g/mol.